The number of aryl methyl sites for hydroxylation is 1. The standard InChI is InChI=1S/C16H21ClN2O2/c1-12-8-14(19-11-13(10-17)9-16(19)20)2-3-15(12)18-4-6-21-7-5-18/h2-3,8,13H,4-7,9-11H2,1H3. The lowest BCUT2D eigenvalue weighted by molar-refractivity contribution is -0.117. The van der Waals surface area contributed by atoms with Crippen LogP contribution in [0.5, 0.6) is 0 Å². The molecular weight excluding hydrogens is 288 g/mol. The number of carbonyl (C=O) groups is 1. The van der Waals surface area contributed by atoms with Gasteiger partial charge in [0.2, 0.25) is 5.91 Å². The van der Waals surface area contributed by atoms with Crippen molar-refractivity contribution in [2.45, 2.75) is 13.3 Å². The van der Waals surface area contributed by atoms with Gasteiger partial charge in [0, 0.05) is 43.3 Å². The van der Waals surface area contributed by atoms with Crippen LogP contribution in [-0.4, -0.2) is 44.6 Å². The number of carbonyl (C=O) groups excluding carboxylic acids is 1. The zero-order valence-electron chi connectivity index (χ0n) is 12.3. The number of hydrogen-bond donors (Lipinski definition) is 0. The van der Waals surface area contributed by atoms with Crippen LogP contribution in [0.4, 0.5) is 11.4 Å². The van der Waals surface area contributed by atoms with Crippen LogP contribution in [0.1, 0.15) is 12.0 Å². The lowest BCUT2D eigenvalue weighted by Crippen LogP contribution is -2.36. The summed E-state index contributed by atoms with van der Waals surface area (Å²) in [5.41, 5.74) is 3.43. The molecule has 4 nitrogen and oxygen atoms in total. The minimum absolute atomic E-state index is 0.180. The van der Waals surface area contributed by atoms with E-state index in [-0.39, 0.29) is 11.8 Å². The van der Waals surface area contributed by atoms with Gasteiger partial charge in [-0.25, -0.2) is 0 Å². The Morgan fingerprint density at radius 2 is 2.10 bits per heavy atom. The molecule has 1 atom stereocenters. The minimum Gasteiger partial charge on any atom is -0.378 e. The van der Waals surface area contributed by atoms with Crippen molar-refractivity contribution in [3.63, 3.8) is 0 Å². The number of benzene rings is 1. The predicted molar refractivity (Wildman–Crippen MR) is 85.4 cm³/mol. The monoisotopic (exact) mass is 308 g/mol. The molecule has 0 spiro atoms. The summed E-state index contributed by atoms with van der Waals surface area (Å²) in [4.78, 5) is 16.3. The highest BCUT2D eigenvalue weighted by atomic mass is 35.5. The molecule has 1 aromatic carbocycles. The Kier molecular flexibility index (Phi) is 4.36. The molecule has 3 rings (SSSR count). The van der Waals surface area contributed by atoms with Gasteiger partial charge in [0.25, 0.3) is 0 Å². The quantitative estimate of drug-likeness (QED) is 0.804. The molecule has 114 valence electrons. The summed E-state index contributed by atoms with van der Waals surface area (Å²) in [5.74, 6) is 1.00. The summed E-state index contributed by atoms with van der Waals surface area (Å²) in [5, 5.41) is 0. The summed E-state index contributed by atoms with van der Waals surface area (Å²) in [6, 6.07) is 6.28. The van der Waals surface area contributed by atoms with E-state index in [1.54, 1.807) is 0 Å². The number of ether oxygens (including phenoxy) is 1. The van der Waals surface area contributed by atoms with Crippen molar-refractivity contribution >= 4 is 28.9 Å². The SMILES string of the molecule is Cc1cc(N2CC(CCl)CC2=O)ccc1N1CCOCC1. The van der Waals surface area contributed by atoms with Gasteiger partial charge in [-0.15, -0.1) is 11.6 Å². The largest absolute Gasteiger partial charge is 0.378 e. The van der Waals surface area contributed by atoms with E-state index in [1.165, 1.54) is 11.3 Å². The van der Waals surface area contributed by atoms with E-state index in [0.29, 0.717) is 12.3 Å². The summed E-state index contributed by atoms with van der Waals surface area (Å²) < 4.78 is 5.40. The Labute approximate surface area is 130 Å². The third-order valence-electron chi connectivity index (χ3n) is 4.27. The van der Waals surface area contributed by atoms with Gasteiger partial charge >= 0.3 is 0 Å². The van der Waals surface area contributed by atoms with Crippen molar-refractivity contribution in [2.75, 3.05) is 48.5 Å². The summed E-state index contributed by atoms with van der Waals surface area (Å²) in [6.07, 6.45) is 0.563. The van der Waals surface area contributed by atoms with Crippen LogP contribution in [0.3, 0.4) is 0 Å². The average Bonchev–Trinajstić information content (AvgIpc) is 2.89. The van der Waals surface area contributed by atoms with E-state index >= 15 is 0 Å². The van der Waals surface area contributed by atoms with E-state index < -0.39 is 0 Å². The third kappa shape index (κ3) is 3.01. The zero-order chi connectivity index (χ0) is 14.8. The van der Waals surface area contributed by atoms with Crippen molar-refractivity contribution in [3.05, 3.63) is 23.8 Å². The number of halogens is 1. The number of alkyl halides is 1. The molecule has 2 saturated heterocycles. The Balaban J connectivity index is 1.79. The first-order valence-corrected chi connectivity index (χ1v) is 8.02. The van der Waals surface area contributed by atoms with Crippen LogP contribution >= 0.6 is 11.6 Å². The molecule has 0 aliphatic carbocycles. The summed E-state index contributed by atoms with van der Waals surface area (Å²) >= 11 is 5.89. The first-order chi connectivity index (χ1) is 10.2. The summed E-state index contributed by atoms with van der Waals surface area (Å²) in [7, 11) is 0. The second-order valence-electron chi connectivity index (χ2n) is 5.80. The van der Waals surface area contributed by atoms with Crippen molar-refractivity contribution in [1.82, 2.24) is 0 Å². The molecule has 0 radical (unpaired) electrons. The molecule has 0 aromatic heterocycles. The number of nitrogens with zero attached hydrogens (tertiary/aromatic N) is 2. The molecule has 0 N–H and O–H groups in total. The topological polar surface area (TPSA) is 32.8 Å². The maximum absolute atomic E-state index is 12.1. The van der Waals surface area contributed by atoms with E-state index in [4.69, 9.17) is 16.3 Å². The molecule has 2 fully saturated rings. The maximum atomic E-state index is 12.1. The smallest absolute Gasteiger partial charge is 0.227 e. The first kappa shape index (κ1) is 14.7. The third-order valence-corrected chi connectivity index (χ3v) is 4.70. The molecule has 1 aromatic rings. The molecule has 5 heteroatoms. The van der Waals surface area contributed by atoms with Crippen molar-refractivity contribution in [1.29, 1.82) is 0 Å². The minimum atomic E-state index is 0.180. The molecule has 0 saturated carbocycles. The van der Waals surface area contributed by atoms with Gasteiger partial charge in [0.05, 0.1) is 13.2 Å². The lowest BCUT2D eigenvalue weighted by Gasteiger charge is -2.30. The lowest BCUT2D eigenvalue weighted by atomic mass is 10.1. The maximum Gasteiger partial charge on any atom is 0.227 e. The van der Waals surface area contributed by atoms with E-state index in [9.17, 15) is 4.79 Å². The second kappa shape index (κ2) is 6.24. The van der Waals surface area contributed by atoms with Gasteiger partial charge in [0.1, 0.15) is 0 Å². The highest BCUT2D eigenvalue weighted by Crippen LogP contribution is 2.30. The second-order valence-corrected chi connectivity index (χ2v) is 6.11. The molecule has 2 aliphatic heterocycles. The van der Waals surface area contributed by atoms with Crippen LogP contribution in [0.2, 0.25) is 0 Å². The molecule has 1 amide bonds. The Bertz CT molecular complexity index is 529. The van der Waals surface area contributed by atoms with Gasteiger partial charge in [-0.3, -0.25) is 4.79 Å². The average molecular weight is 309 g/mol. The van der Waals surface area contributed by atoms with Crippen molar-refractivity contribution in [2.24, 2.45) is 5.92 Å². The van der Waals surface area contributed by atoms with Crippen LogP contribution in [0, 0.1) is 12.8 Å². The number of morpholine rings is 1. The van der Waals surface area contributed by atoms with Crippen LogP contribution < -0.4 is 9.80 Å². The van der Waals surface area contributed by atoms with Gasteiger partial charge in [-0.05, 0) is 36.6 Å². The molecule has 2 aliphatic rings. The predicted octanol–water partition coefficient (Wildman–Crippen LogP) is 2.42. The van der Waals surface area contributed by atoms with Crippen LogP contribution in [0.15, 0.2) is 18.2 Å². The Hall–Kier alpha value is -1.26. The summed E-state index contributed by atoms with van der Waals surface area (Å²) in [6.45, 7) is 6.26. The molecular formula is C16H21ClN2O2. The fourth-order valence-corrected chi connectivity index (χ4v) is 3.31. The van der Waals surface area contributed by atoms with E-state index in [0.717, 1.165) is 38.5 Å². The van der Waals surface area contributed by atoms with E-state index in [2.05, 4.69) is 24.0 Å². The van der Waals surface area contributed by atoms with Crippen LogP contribution in [-0.2, 0) is 9.53 Å². The zero-order valence-corrected chi connectivity index (χ0v) is 13.1. The van der Waals surface area contributed by atoms with Gasteiger partial charge in [-0.1, -0.05) is 0 Å². The number of anilines is 2. The van der Waals surface area contributed by atoms with Gasteiger partial charge < -0.3 is 14.5 Å². The van der Waals surface area contributed by atoms with Gasteiger partial charge in [-0.2, -0.15) is 0 Å². The van der Waals surface area contributed by atoms with Crippen molar-refractivity contribution in [3.8, 4) is 0 Å². The Morgan fingerprint density at radius 1 is 1.33 bits per heavy atom. The first-order valence-electron chi connectivity index (χ1n) is 7.48. The van der Waals surface area contributed by atoms with Crippen molar-refractivity contribution < 1.29 is 9.53 Å². The Morgan fingerprint density at radius 3 is 2.71 bits per heavy atom. The van der Waals surface area contributed by atoms with E-state index in [1.807, 2.05) is 11.0 Å². The molecule has 21 heavy (non-hydrogen) atoms. The molecule has 0 bridgehead atoms. The molecule has 2 heterocycles. The fourth-order valence-electron chi connectivity index (χ4n) is 3.10. The highest BCUT2D eigenvalue weighted by Gasteiger charge is 2.30. The number of amides is 1. The number of hydrogen-bond acceptors (Lipinski definition) is 3. The normalized spacial score (nSPS) is 23.0. The van der Waals surface area contributed by atoms with Gasteiger partial charge in [0.15, 0.2) is 0 Å². The number of rotatable bonds is 3. The molecule has 1 unspecified atom stereocenters. The highest BCUT2D eigenvalue weighted by molar-refractivity contribution is 6.18. The van der Waals surface area contributed by atoms with Crippen LogP contribution in [0.25, 0.3) is 0 Å². The fraction of sp³-hybridized carbons (Fsp3) is 0.562.